The van der Waals surface area contributed by atoms with Crippen LogP contribution in [0.2, 0.25) is 13.1 Å². The zero-order valence-corrected chi connectivity index (χ0v) is 10.2. The Morgan fingerprint density at radius 3 is 2.54 bits per heavy atom. The van der Waals surface area contributed by atoms with Gasteiger partial charge in [-0.1, -0.05) is 20.0 Å². The molecule has 1 fully saturated rings. The Morgan fingerprint density at radius 1 is 1.46 bits per heavy atom. The van der Waals surface area contributed by atoms with Gasteiger partial charge in [-0.15, -0.1) is 0 Å². The second-order valence-corrected chi connectivity index (χ2v) is 7.63. The van der Waals surface area contributed by atoms with Crippen LogP contribution in [0.1, 0.15) is 32.6 Å². The van der Waals surface area contributed by atoms with Gasteiger partial charge in [-0.3, -0.25) is 0 Å². The topological polar surface area (TPSA) is 29.5 Å². The van der Waals surface area contributed by atoms with E-state index in [2.05, 4.69) is 13.1 Å². The molecule has 2 unspecified atom stereocenters. The molecule has 0 aliphatic carbocycles. The number of rotatable bonds is 3. The molecule has 0 amide bonds. The number of hydrogen-bond donors (Lipinski definition) is 1. The fourth-order valence-electron chi connectivity index (χ4n) is 2.29. The van der Waals surface area contributed by atoms with Crippen LogP contribution in [0.3, 0.4) is 0 Å². The fourth-order valence-corrected chi connectivity index (χ4v) is 4.52. The van der Waals surface area contributed by atoms with E-state index in [9.17, 15) is 5.11 Å². The molecule has 1 aliphatic rings. The molecule has 78 valence electrons. The summed E-state index contributed by atoms with van der Waals surface area (Å²) in [6.07, 6.45) is 4.05. The lowest BCUT2D eigenvalue weighted by atomic mass is 10.0. The Balaban J connectivity index is 2.72. The smallest absolute Gasteiger partial charge is 0.0800 e. The summed E-state index contributed by atoms with van der Waals surface area (Å²) in [6, 6.07) is 0. The molecule has 2 atom stereocenters. The van der Waals surface area contributed by atoms with Gasteiger partial charge in [-0.05, 0) is 25.7 Å². The van der Waals surface area contributed by atoms with Gasteiger partial charge in [0.1, 0.15) is 0 Å². The first-order valence-corrected chi connectivity index (χ1v) is 8.34. The zero-order chi connectivity index (χ0) is 9.90. The molecule has 1 saturated heterocycles. The van der Waals surface area contributed by atoms with Crippen molar-refractivity contribution in [1.82, 2.24) is 0 Å². The molecule has 0 radical (unpaired) electrons. The van der Waals surface area contributed by atoms with Crippen molar-refractivity contribution in [3.8, 4) is 0 Å². The lowest BCUT2D eigenvalue weighted by Gasteiger charge is -2.43. The van der Waals surface area contributed by atoms with Crippen molar-refractivity contribution in [2.45, 2.75) is 57.0 Å². The van der Waals surface area contributed by atoms with Crippen LogP contribution in [0.25, 0.3) is 0 Å². The van der Waals surface area contributed by atoms with Crippen molar-refractivity contribution in [3.63, 3.8) is 0 Å². The van der Waals surface area contributed by atoms with Crippen molar-refractivity contribution >= 4 is 8.80 Å². The number of hydrogen-bond acceptors (Lipinski definition) is 2. The Bertz CT molecular complexity index is 153. The van der Waals surface area contributed by atoms with E-state index in [1.165, 1.54) is 12.8 Å². The Kier molecular flexibility index (Phi) is 3.95. The van der Waals surface area contributed by atoms with Gasteiger partial charge in [-0.2, -0.15) is 0 Å². The van der Waals surface area contributed by atoms with Crippen LogP contribution in [0.5, 0.6) is 0 Å². The molecule has 1 heterocycles. The van der Waals surface area contributed by atoms with E-state index < -0.39 is 8.80 Å². The molecule has 0 aromatic rings. The Labute approximate surface area is 82.9 Å². The quantitative estimate of drug-likeness (QED) is 0.706. The summed E-state index contributed by atoms with van der Waals surface area (Å²) in [5, 5.41) is 9.90. The van der Waals surface area contributed by atoms with E-state index >= 15 is 0 Å². The summed E-state index contributed by atoms with van der Waals surface area (Å²) in [6.45, 7) is 7.46. The first-order chi connectivity index (χ1) is 6.13. The third-order valence-corrected chi connectivity index (χ3v) is 6.06. The van der Waals surface area contributed by atoms with Crippen LogP contribution in [0.4, 0.5) is 0 Å². The SMILES string of the molecule is CCC(O)C1([SiH](C)C)CCCCO1. The minimum atomic E-state index is -0.935. The standard InChI is InChI=1S/C10H22O2Si/c1-4-9(11)10(13(2)3)7-5-6-8-12-10/h9,11,13H,4-8H2,1-3H3. The average molecular weight is 202 g/mol. The third kappa shape index (κ3) is 2.14. The molecule has 0 aromatic heterocycles. The summed E-state index contributed by atoms with van der Waals surface area (Å²) >= 11 is 0. The summed E-state index contributed by atoms with van der Waals surface area (Å²) in [4.78, 5) is 0. The maximum Gasteiger partial charge on any atom is 0.0800 e. The second kappa shape index (κ2) is 4.58. The van der Waals surface area contributed by atoms with Crippen LogP contribution in [-0.2, 0) is 4.74 Å². The highest BCUT2D eigenvalue weighted by Gasteiger charge is 2.42. The Hall–Kier alpha value is 0.137. The van der Waals surface area contributed by atoms with E-state index in [0.29, 0.717) is 0 Å². The van der Waals surface area contributed by atoms with Crippen molar-refractivity contribution in [1.29, 1.82) is 0 Å². The predicted octanol–water partition coefficient (Wildman–Crippen LogP) is 1.72. The second-order valence-electron chi connectivity index (χ2n) is 4.34. The van der Waals surface area contributed by atoms with E-state index in [-0.39, 0.29) is 11.3 Å². The Morgan fingerprint density at radius 2 is 2.15 bits per heavy atom. The highest BCUT2D eigenvalue weighted by molar-refractivity contribution is 6.59. The van der Waals surface area contributed by atoms with E-state index in [1.54, 1.807) is 0 Å². The number of aliphatic hydroxyl groups excluding tert-OH is 1. The third-order valence-electron chi connectivity index (χ3n) is 3.26. The molecule has 1 N–H and O–H groups in total. The number of ether oxygens (including phenoxy) is 1. The molecule has 0 saturated carbocycles. The van der Waals surface area contributed by atoms with Gasteiger partial charge < -0.3 is 9.84 Å². The van der Waals surface area contributed by atoms with Crippen LogP contribution >= 0.6 is 0 Å². The normalized spacial score (nSPS) is 32.1. The number of aliphatic hydroxyl groups is 1. The van der Waals surface area contributed by atoms with Crippen LogP contribution in [0.15, 0.2) is 0 Å². The molecular weight excluding hydrogens is 180 g/mol. The van der Waals surface area contributed by atoms with Gasteiger partial charge >= 0.3 is 0 Å². The van der Waals surface area contributed by atoms with Crippen LogP contribution in [0, 0.1) is 0 Å². The largest absolute Gasteiger partial charge is 0.390 e. The van der Waals surface area contributed by atoms with Gasteiger partial charge in [-0.25, -0.2) is 0 Å². The van der Waals surface area contributed by atoms with Crippen LogP contribution in [-0.4, -0.2) is 31.8 Å². The summed E-state index contributed by atoms with van der Waals surface area (Å²) < 4.78 is 5.89. The van der Waals surface area contributed by atoms with Crippen molar-refractivity contribution < 1.29 is 9.84 Å². The molecule has 0 spiro atoms. The van der Waals surface area contributed by atoms with Crippen molar-refractivity contribution in [3.05, 3.63) is 0 Å². The molecule has 2 nitrogen and oxygen atoms in total. The maximum absolute atomic E-state index is 10.0. The molecule has 0 aromatic carbocycles. The molecule has 3 heteroatoms. The minimum absolute atomic E-state index is 0.118. The summed E-state index contributed by atoms with van der Waals surface area (Å²) in [7, 11) is -0.935. The predicted molar refractivity (Wildman–Crippen MR) is 57.7 cm³/mol. The van der Waals surface area contributed by atoms with Gasteiger partial charge in [0.15, 0.2) is 0 Å². The highest BCUT2D eigenvalue weighted by Crippen LogP contribution is 2.32. The summed E-state index contributed by atoms with van der Waals surface area (Å²) in [5.41, 5.74) is 0. The van der Waals surface area contributed by atoms with Gasteiger partial charge in [0, 0.05) is 6.61 Å². The molecule has 1 rings (SSSR count). The van der Waals surface area contributed by atoms with Gasteiger partial charge in [0.05, 0.1) is 20.1 Å². The molecule has 13 heavy (non-hydrogen) atoms. The zero-order valence-electron chi connectivity index (χ0n) is 9.05. The lowest BCUT2D eigenvalue weighted by molar-refractivity contribution is -0.0982. The average Bonchev–Trinajstić information content (AvgIpc) is 2.17. The van der Waals surface area contributed by atoms with E-state index in [0.717, 1.165) is 19.4 Å². The van der Waals surface area contributed by atoms with Crippen molar-refractivity contribution in [2.24, 2.45) is 0 Å². The van der Waals surface area contributed by atoms with E-state index in [4.69, 9.17) is 4.74 Å². The van der Waals surface area contributed by atoms with Crippen molar-refractivity contribution in [2.75, 3.05) is 6.61 Å². The van der Waals surface area contributed by atoms with Gasteiger partial charge in [0.2, 0.25) is 0 Å². The highest BCUT2D eigenvalue weighted by atomic mass is 28.3. The van der Waals surface area contributed by atoms with Crippen LogP contribution < -0.4 is 0 Å². The first kappa shape index (κ1) is 11.2. The molecule has 1 aliphatic heterocycles. The van der Waals surface area contributed by atoms with Gasteiger partial charge in [0.25, 0.3) is 0 Å². The molecular formula is C10H22O2Si. The summed E-state index contributed by atoms with van der Waals surface area (Å²) in [5.74, 6) is 0. The molecule has 0 bridgehead atoms. The van der Waals surface area contributed by atoms with E-state index in [1.807, 2.05) is 6.92 Å². The first-order valence-electron chi connectivity index (χ1n) is 5.45. The monoisotopic (exact) mass is 202 g/mol. The minimum Gasteiger partial charge on any atom is -0.390 e. The maximum atomic E-state index is 10.0. The fraction of sp³-hybridized carbons (Fsp3) is 1.00. The lowest BCUT2D eigenvalue weighted by Crippen LogP contribution is -2.56.